The fourth-order valence-corrected chi connectivity index (χ4v) is 4.51. The fourth-order valence-electron chi connectivity index (χ4n) is 2.98. The fraction of sp³-hybridized carbons (Fsp3) is 0.0952. The first-order valence-electron chi connectivity index (χ1n) is 8.91. The molecule has 0 fully saturated rings. The number of hydrogen-bond acceptors (Lipinski definition) is 7. The average molecular weight is 422 g/mol. The van der Waals surface area contributed by atoms with Gasteiger partial charge in [0.25, 0.3) is 5.56 Å². The monoisotopic (exact) mass is 421 g/mol. The van der Waals surface area contributed by atoms with Crippen LogP contribution in [0, 0.1) is 0 Å². The Balaban J connectivity index is 1.47. The van der Waals surface area contributed by atoms with Gasteiger partial charge in [0.05, 0.1) is 34.3 Å². The molecular weight excluding hydrogens is 406 g/mol. The third-order valence-electron chi connectivity index (χ3n) is 4.35. The number of thiophene rings is 1. The van der Waals surface area contributed by atoms with Gasteiger partial charge in [-0.05, 0) is 35.7 Å². The minimum atomic E-state index is -0.0890. The zero-order valence-corrected chi connectivity index (χ0v) is 16.8. The number of furan rings is 1. The molecule has 0 aliphatic carbocycles. The number of rotatable bonds is 6. The minimum absolute atomic E-state index is 0.0890. The van der Waals surface area contributed by atoms with Crippen LogP contribution in [0.15, 0.2) is 85.2 Å². The Morgan fingerprint density at radius 3 is 2.79 bits per heavy atom. The molecule has 29 heavy (non-hydrogen) atoms. The maximum absolute atomic E-state index is 13.1. The topological polar surface area (TPSA) is 74.1 Å². The van der Waals surface area contributed by atoms with Crippen molar-refractivity contribution in [3.8, 4) is 10.8 Å². The number of aromatic nitrogens is 3. The van der Waals surface area contributed by atoms with Gasteiger partial charge < -0.3 is 8.83 Å². The van der Waals surface area contributed by atoms with Crippen molar-refractivity contribution in [1.82, 2.24) is 14.5 Å². The Hall–Kier alpha value is -3.10. The molecule has 0 N–H and O–H groups in total. The highest BCUT2D eigenvalue weighted by molar-refractivity contribution is 7.98. The number of nitrogens with zero attached hydrogens (tertiary/aromatic N) is 3. The van der Waals surface area contributed by atoms with Gasteiger partial charge in [0, 0.05) is 5.75 Å². The van der Waals surface area contributed by atoms with Gasteiger partial charge in [-0.1, -0.05) is 30.0 Å². The van der Waals surface area contributed by atoms with Crippen molar-refractivity contribution in [2.45, 2.75) is 17.5 Å². The van der Waals surface area contributed by atoms with Crippen LogP contribution in [0.25, 0.3) is 21.7 Å². The van der Waals surface area contributed by atoms with E-state index in [4.69, 9.17) is 13.8 Å². The Labute approximate surface area is 173 Å². The van der Waals surface area contributed by atoms with Crippen LogP contribution in [-0.4, -0.2) is 14.5 Å². The van der Waals surface area contributed by atoms with Crippen molar-refractivity contribution in [1.29, 1.82) is 0 Å². The van der Waals surface area contributed by atoms with Crippen LogP contribution >= 0.6 is 23.1 Å². The summed E-state index contributed by atoms with van der Waals surface area (Å²) in [5.74, 6) is 1.85. The van der Waals surface area contributed by atoms with Crippen molar-refractivity contribution >= 4 is 34.0 Å². The second-order valence-electron chi connectivity index (χ2n) is 6.29. The van der Waals surface area contributed by atoms with E-state index in [1.54, 1.807) is 34.5 Å². The molecule has 6 nitrogen and oxygen atoms in total. The van der Waals surface area contributed by atoms with Crippen LogP contribution in [-0.2, 0) is 12.3 Å². The zero-order chi connectivity index (χ0) is 19.6. The lowest BCUT2D eigenvalue weighted by Gasteiger charge is -2.11. The normalized spacial score (nSPS) is 11.3. The van der Waals surface area contributed by atoms with Gasteiger partial charge in [0.15, 0.2) is 5.16 Å². The molecule has 0 unspecified atom stereocenters. The van der Waals surface area contributed by atoms with Crippen molar-refractivity contribution < 1.29 is 8.83 Å². The number of hydrogen-bond donors (Lipinski definition) is 0. The zero-order valence-electron chi connectivity index (χ0n) is 15.1. The Morgan fingerprint density at radius 2 is 1.97 bits per heavy atom. The number of benzene rings is 1. The van der Waals surface area contributed by atoms with E-state index in [-0.39, 0.29) is 5.56 Å². The number of thioether (sulfide) groups is 1. The van der Waals surface area contributed by atoms with Crippen LogP contribution in [0.5, 0.6) is 0 Å². The Kier molecular flexibility index (Phi) is 4.79. The smallest absolute Gasteiger partial charge is 0.262 e. The summed E-state index contributed by atoms with van der Waals surface area (Å²) in [6.07, 6.45) is 3.25. The maximum Gasteiger partial charge on any atom is 0.262 e. The van der Waals surface area contributed by atoms with Crippen LogP contribution in [0.3, 0.4) is 0 Å². The Bertz CT molecular complexity index is 1300. The molecule has 4 heterocycles. The molecule has 4 aromatic heterocycles. The number of fused-ring (bicyclic) bond motifs is 1. The van der Waals surface area contributed by atoms with Gasteiger partial charge >= 0.3 is 0 Å². The predicted molar refractivity (Wildman–Crippen MR) is 113 cm³/mol. The number of oxazole rings is 1. The molecular formula is C21H15N3O3S2. The van der Waals surface area contributed by atoms with E-state index in [2.05, 4.69) is 4.98 Å². The molecule has 0 spiro atoms. The van der Waals surface area contributed by atoms with Crippen molar-refractivity contribution in [3.05, 3.63) is 88.2 Å². The summed E-state index contributed by atoms with van der Waals surface area (Å²) < 4.78 is 12.7. The van der Waals surface area contributed by atoms with Crippen molar-refractivity contribution in [2.24, 2.45) is 0 Å². The van der Waals surface area contributed by atoms with Crippen molar-refractivity contribution in [2.75, 3.05) is 0 Å². The second-order valence-corrected chi connectivity index (χ2v) is 8.18. The van der Waals surface area contributed by atoms with Crippen molar-refractivity contribution in [3.63, 3.8) is 0 Å². The molecule has 0 saturated carbocycles. The molecule has 0 radical (unpaired) electrons. The van der Waals surface area contributed by atoms with Crippen LogP contribution in [0.4, 0.5) is 0 Å². The molecule has 0 aliphatic rings. The molecule has 0 atom stereocenters. The largest absolute Gasteiger partial charge is 0.467 e. The first-order chi connectivity index (χ1) is 14.3. The van der Waals surface area contributed by atoms with E-state index in [1.165, 1.54) is 11.8 Å². The molecule has 0 saturated heterocycles. The van der Waals surface area contributed by atoms with E-state index in [9.17, 15) is 4.79 Å². The summed E-state index contributed by atoms with van der Waals surface area (Å²) in [7, 11) is 0. The quantitative estimate of drug-likeness (QED) is 0.282. The third kappa shape index (κ3) is 3.64. The van der Waals surface area contributed by atoms with Crippen LogP contribution in [0.1, 0.15) is 11.5 Å². The Morgan fingerprint density at radius 1 is 1.03 bits per heavy atom. The average Bonchev–Trinajstić information content (AvgIpc) is 3.51. The first-order valence-corrected chi connectivity index (χ1v) is 10.8. The predicted octanol–water partition coefficient (Wildman–Crippen LogP) is 5.05. The molecule has 0 amide bonds. The highest BCUT2D eigenvalue weighted by Gasteiger charge is 2.15. The van der Waals surface area contributed by atoms with Gasteiger partial charge in [-0.3, -0.25) is 9.36 Å². The standard InChI is InChI=1S/C21H15N3O3S2/c25-20-16-6-1-2-7-17(16)23-21(24(20)11-15-5-3-9-26-15)29-13-14-12-27-19(22-14)18-8-4-10-28-18/h1-10,12H,11,13H2. The minimum Gasteiger partial charge on any atom is -0.467 e. The molecule has 0 bridgehead atoms. The maximum atomic E-state index is 13.1. The lowest BCUT2D eigenvalue weighted by molar-refractivity contribution is 0.476. The summed E-state index contributed by atoms with van der Waals surface area (Å²) in [5.41, 5.74) is 1.38. The first kappa shape index (κ1) is 18.0. The third-order valence-corrected chi connectivity index (χ3v) is 6.22. The molecule has 5 aromatic rings. The summed E-state index contributed by atoms with van der Waals surface area (Å²) >= 11 is 3.03. The van der Waals surface area contributed by atoms with E-state index >= 15 is 0 Å². The van der Waals surface area contributed by atoms with Gasteiger partial charge in [-0.2, -0.15) is 0 Å². The van der Waals surface area contributed by atoms with E-state index in [0.29, 0.717) is 40.0 Å². The van der Waals surface area contributed by atoms with Gasteiger partial charge in [-0.15, -0.1) is 11.3 Å². The van der Waals surface area contributed by atoms with E-state index in [0.717, 1.165) is 10.6 Å². The molecule has 0 aliphatic heterocycles. The number of para-hydroxylation sites is 1. The highest BCUT2D eigenvalue weighted by Crippen LogP contribution is 2.27. The molecule has 1 aromatic carbocycles. The van der Waals surface area contributed by atoms with Crippen LogP contribution < -0.4 is 5.56 Å². The summed E-state index contributed by atoms with van der Waals surface area (Å²) in [6.45, 7) is 0.325. The summed E-state index contributed by atoms with van der Waals surface area (Å²) in [5, 5.41) is 3.19. The lowest BCUT2D eigenvalue weighted by Crippen LogP contribution is -2.23. The summed E-state index contributed by atoms with van der Waals surface area (Å²) in [6, 6.07) is 15.0. The van der Waals surface area contributed by atoms with Gasteiger partial charge in [0.2, 0.25) is 5.89 Å². The molecule has 8 heteroatoms. The van der Waals surface area contributed by atoms with Gasteiger partial charge in [-0.25, -0.2) is 9.97 Å². The van der Waals surface area contributed by atoms with E-state index in [1.807, 2.05) is 47.8 Å². The molecule has 144 valence electrons. The summed E-state index contributed by atoms with van der Waals surface area (Å²) in [4.78, 5) is 23.3. The lowest BCUT2D eigenvalue weighted by atomic mass is 10.2. The highest BCUT2D eigenvalue weighted by atomic mass is 32.2. The van der Waals surface area contributed by atoms with Gasteiger partial charge in [0.1, 0.15) is 12.0 Å². The molecule has 5 rings (SSSR count). The van der Waals surface area contributed by atoms with E-state index < -0.39 is 0 Å². The second kappa shape index (κ2) is 7.73. The SMILES string of the molecule is O=c1c2ccccc2nc(SCc2coc(-c3cccs3)n2)n1Cc1ccco1. The van der Waals surface area contributed by atoms with Crippen LogP contribution in [0.2, 0.25) is 0 Å².